The number of carbonyl (C=O) groups excluding carboxylic acids is 2. The number of allylic oxidation sites excluding steroid dienone is 16. The van der Waals surface area contributed by atoms with Gasteiger partial charge in [-0.3, -0.25) is 18.6 Å². The zero-order valence-electron chi connectivity index (χ0n) is 35.5. The van der Waals surface area contributed by atoms with Crippen LogP contribution < -0.4 is 5.73 Å². The van der Waals surface area contributed by atoms with Gasteiger partial charge in [0, 0.05) is 19.4 Å². The molecule has 0 aromatic carbocycles. The van der Waals surface area contributed by atoms with E-state index in [4.69, 9.17) is 24.3 Å². The monoisotopic (exact) mass is 816 g/mol. The third-order valence-electron chi connectivity index (χ3n) is 8.44. The SMILES string of the molecule is CCCCC/C=C/C/C=C/C/C=C/C/C=C/CCCCCC(=O)O[C@H](COC(=O)CCC/C=C/C/C=C/C/C=C/C/C=C/CCCCC)COP(=O)(O)OCCN. The van der Waals surface area contributed by atoms with Crippen LogP contribution in [0.5, 0.6) is 0 Å². The van der Waals surface area contributed by atoms with E-state index in [0.717, 1.165) is 64.2 Å². The van der Waals surface area contributed by atoms with E-state index in [1.807, 2.05) is 6.08 Å². The van der Waals surface area contributed by atoms with Gasteiger partial charge < -0.3 is 20.1 Å². The molecule has 3 N–H and O–H groups in total. The molecule has 0 spiro atoms. The molecule has 0 aliphatic carbocycles. The molecular formula is C47H78NO8P. The average Bonchev–Trinajstić information content (AvgIpc) is 3.20. The van der Waals surface area contributed by atoms with E-state index in [2.05, 4.69) is 105 Å². The summed E-state index contributed by atoms with van der Waals surface area (Å²) in [5.41, 5.74) is 5.34. The summed E-state index contributed by atoms with van der Waals surface area (Å²) in [7, 11) is -4.41. The van der Waals surface area contributed by atoms with Crippen LogP contribution in [0.4, 0.5) is 0 Å². The van der Waals surface area contributed by atoms with E-state index in [1.165, 1.54) is 51.4 Å². The van der Waals surface area contributed by atoms with E-state index in [9.17, 15) is 19.0 Å². The van der Waals surface area contributed by atoms with Crippen LogP contribution in [0, 0.1) is 0 Å². The fraction of sp³-hybridized carbons (Fsp3) is 0.617. The molecule has 0 radical (unpaired) electrons. The van der Waals surface area contributed by atoms with E-state index >= 15 is 0 Å². The molecule has 0 aliphatic heterocycles. The fourth-order valence-corrected chi connectivity index (χ4v) is 5.96. The van der Waals surface area contributed by atoms with Gasteiger partial charge in [0.15, 0.2) is 6.10 Å². The summed E-state index contributed by atoms with van der Waals surface area (Å²) < 4.78 is 32.7. The summed E-state index contributed by atoms with van der Waals surface area (Å²) in [6.45, 7) is 3.55. The van der Waals surface area contributed by atoms with Crippen molar-refractivity contribution in [2.75, 3.05) is 26.4 Å². The highest BCUT2D eigenvalue weighted by Crippen LogP contribution is 2.43. The predicted molar refractivity (Wildman–Crippen MR) is 238 cm³/mol. The number of phosphoric ester groups is 1. The van der Waals surface area contributed by atoms with Crippen molar-refractivity contribution in [1.82, 2.24) is 0 Å². The van der Waals surface area contributed by atoms with Crippen molar-refractivity contribution in [2.24, 2.45) is 5.73 Å². The minimum absolute atomic E-state index is 0.0351. The van der Waals surface area contributed by atoms with Gasteiger partial charge >= 0.3 is 19.8 Å². The maximum atomic E-state index is 12.6. The van der Waals surface area contributed by atoms with Gasteiger partial charge in [0.2, 0.25) is 0 Å². The van der Waals surface area contributed by atoms with Gasteiger partial charge in [-0.1, -0.05) is 143 Å². The molecular weight excluding hydrogens is 737 g/mol. The normalized spacial score (nSPS) is 14.2. The van der Waals surface area contributed by atoms with Crippen LogP contribution in [0.15, 0.2) is 97.2 Å². The van der Waals surface area contributed by atoms with Gasteiger partial charge in [0.05, 0.1) is 13.2 Å². The molecule has 1 unspecified atom stereocenters. The van der Waals surface area contributed by atoms with Gasteiger partial charge in [0.1, 0.15) is 6.61 Å². The molecule has 9 nitrogen and oxygen atoms in total. The number of ether oxygens (including phenoxy) is 2. The van der Waals surface area contributed by atoms with Gasteiger partial charge in [-0.15, -0.1) is 0 Å². The first kappa shape index (κ1) is 53.9. The highest BCUT2D eigenvalue weighted by molar-refractivity contribution is 7.47. The Morgan fingerprint density at radius 3 is 1.37 bits per heavy atom. The largest absolute Gasteiger partial charge is 0.472 e. The highest BCUT2D eigenvalue weighted by atomic mass is 31.2. The molecule has 0 saturated heterocycles. The van der Waals surface area contributed by atoms with Crippen LogP contribution in [0.25, 0.3) is 0 Å². The standard InChI is InChI=1S/C47H78NO8P/c1-3-5-7-9-11-13-15-17-19-21-22-24-26-28-30-32-34-36-38-40-47(50)56-45(44-55-57(51,52)54-42-41-48)43-53-46(49)39-37-35-33-31-29-27-25-23-20-18-16-14-12-10-8-6-4-2/h11-14,17-20,22,24-25,27-28,30-31,33,45H,3-10,15-16,21,23,26,29,32,34-44,48H2,1-2H3,(H,51,52)/b13-11+,14-12+,19-17+,20-18+,24-22+,27-25+,30-28+,33-31+/t45-/m1/s1. The van der Waals surface area contributed by atoms with Gasteiger partial charge in [0.25, 0.3) is 0 Å². The second-order valence-corrected chi connectivity index (χ2v) is 15.3. The number of hydrogen-bond acceptors (Lipinski definition) is 8. The molecule has 0 aromatic heterocycles. The molecule has 0 saturated carbocycles. The van der Waals surface area contributed by atoms with Crippen LogP contribution in [0.1, 0.15) is 155 Å². The first-order chi connectivity index (χ1) is 27.8. The van der Waals surface area contributed by atoms with Crippen molar-refractivity contribution < 1.29 is 37.6 Å². The molecule has 0 amide bonds. The number of hydrogen-bond donors (Lipinski definition) is 2. The summed E-state index contributed by atoms with van der Waals surface area (Å²) in [6, 6.07) is 0. The Labute approximate surface area is 346 Å². The molecule has 0 rings (SSSR count). The highest BCUT2D eigenvalue weighted by Gasteiger charge is 2.25. The molecule has 0 fully saturated rings. The Kier molecular flexibility index (Phi) is 40.2. The summed E-state index contributed by atoms with van der Waals surface area (Å²) in [5.74, 6) is -0.941. The third-order valence-corrected chi connectivity index (χ3v) is 9.43. The molecule has 0 heterocycles. The molecule has 0 aromatic rings. The molecule has 0 bridgehead atoms. The van der Waals surface area contributed by atoms with Crippen LogP contribution in [0.2, 0.25) is 0 Å². The smallest absolute Gasteiger partial charge is 0.462 e. The lowest BCUT2D eigenvalue weighted by molar-refractivity contribution is -0.161. The molecule has 10 heteroatoms. The number of nitrogens with two attached hydrogens (primary N) is 1. The van der Waals surface area contributed by atoms with Crippen molar-refractivity contribution in [3.8, 4) is 0 Å². The van der Waals surface area contributed by atoms with Crippen molar-refractivity contribution >= 4 is 19.8 Å². The first-order valence-electron chi connectivity index (χ1n) is 21.7. The number of phosphoric acid groups is 1. The minimum Gasteiger partial charge on any atom is -0.462 e. The quantitative estimate of drug-likeness (QED) is 0.0269. The van der Waals surface area contributed by atoms with Crippen molar-refractivity contribution in [1.29, 1.82) is 0 Å². The summed E-state index contributed by atoms with van der Waals surface area (Å²) >= 11 is 0. The molecule has 57 heavy (non-hydrogen) atoms. The lowest BCUT2D eigenvalue weighted by atomic mass is 10.1. The van der Waals surface area contributed by atoms with Crippen molar-refractivity contribution in [3.05, 3.63) is 97.2 Å². The number of rotatable bonds is 39. The summed E-state index contributed by atoms with van der Waals surface area (Å²) in [5, 5.41) is 0. The minimum atomic E-state index is -4.41. The van der Waals surface area contributed by atoms with E-state index in [0.29, 0.717) is 12.8 Å². The number of unbranched alkanes of at least 4 members (excludes halogenated alkanes) is 10. The Morgan fingerprint density at radius 1 is 0.526 bits per heavy atom. The zero-order valence-corrected chi connectivity index (χ0v) is 36.4. The summed E-state index contributed by atoms with van der Waals surface area (Å²) in [6.07, 6.45) is 54.4. The van der Waals surface area contributed by atoms with Gasteiger partial charge in [-0.05, 0) is 96.3 Å². The average molecular weight is 816 g/mol. The van der Waals surface area contributed by atoms with E-state index < -0.39 is 32.5 Å². The second kappa shape index (κ2) is 42.5. The van der Waals surface area contributed by atoms with Crippen LogP contribution >= 0.6 is 7.82 Å². The van der Waals surface area contributed by atoms with Crippen LogP contribution in [0.3, 0.4) is 0 Å². The molecule has 0 aliphatic rings. The van der Waals surface area contributed by atoms with Crippen molar-refractivity contribution in [3.63, 3.8) is 0 Å². The van der Waals surface area contributed by atoms with Gasteiger partial charge in [-0.2, -0.15) is 0 Å². The number of esters is 2. The van der Waals surface area contributed by atoms with Crippen molar-refractivity contribution in [2.45, 2.75) is 161 Å². The maximum Gasteiger partial charge on any atom is 0.472 e. The van der Waals surface area contributed by atoms with E-state index in [1.54, 1.807) is 0 Å². The summed E-state index contributed by atoms with van der Waals surface area (Å²) in [4.78, 5) is 34.8. The second-order valence-electron chi connectivity index (χ2n) is 13.8. The first-order valence-corrected chi connectivity index (χ1v) is 23.2. The third kappa shape index (κ3) is 42.4. The lowest BCUT2D eigenvalue weighted by Crippen LogP contribution is -2.29. The maximum absolute atomic E-state index is 12.6. The van der Waals surface area contributed by atoms with Crippen LogP contribution in [-0.2, 0) is 32.7 Å². The van der Waals surface area contributed by atoms with Crippen LogP contribution in [-0.4, -0.2) is 49.3 Å². The Balaban J connectivity index is 4.34. The van der Waals surface area contributed by atoms with E-state index in [-0.39, 0.29) is 32.6 Å². The number of carbonyl (C=O) groups is 2. The Hall–Kier alpha value is -3.07. The molecule has 324 valence electrons. The Morgan fingerprint density at radius 2 is 0.930 bits per heavy atom. The predicted octanol–water partition coefficient (Wildman–Crippen LogP) is 12.6. The fourth-order valence-electron chi connectivity index (χ4n) is 5.20. The molecule has 2 atom stereocenters. The zero-order chi connectivity index (χ0) is 41.8. The Bertz CT molecular complexity index is 1250. The van der Waals surface area contributed by atoms with Gasteiger partial charge in [-0.25, -0.2) is 4.57 Å². The lowest BCUT2D eigenvalue weighted by Gasteiger charge is -2.19. The topological polar surface area (TPSA) is 134 Å².